The summed E-state index contributed by atoms with van der Waals surface area (Å²) in [6.07, 6.45) is 0. The highest BCUT2D eigenvalue weighted by Crippen LogP contribution is 2.31. The highest BCUT2D eigenvalue weighted by molar-refractivity contribution is 9.10. The average molecular weight is 264 g/mol. The highest BCUT2D eigenvalue weighted by atomic mass is 79.9. The molecule has 0 aliphatic heterocycles. The minimum atomic E-state index is -0.0311. The molecule has 0 amide bonds. The molecule has 1 rings (SSSR count). The van der Waals surface area contributed by atoms with Gasteiger partial charge in [0.15, 0.2) is 5.78 Å². The van der Waals surface area contributed by atoms with E-state index in [2.05, 4.69) is 15.9 Å². The number of benzene rings is 1. The Morgan fingerprint density at radius 3 is 2.62 bits per heavy atom. The number of Topliss-reactive ketones (excluding diaryl/α,β-unsaturated/α-hetero) is 1. The molecule has 0 saturated carbocycles. The third kappa shape index (κ3) is 2.23. The zero-order valence-corrected chi connectivity index (χ0v) is 9.57. The summed E-state index contributed by atoms with van der Waals surface area (Å²) in [6.45, 7) is 1.49. The van der Waals surface area contributed by atoms with Crippen LogP contribution in [0.3, 0.4) is 0 Å². The third-order valence-electron chi connectivity index (χ3n) is 1.62. The standard InChI is InChI=1S/C9H8BrClO2/c1-5(12)6-3-8(11)9(13-2)4-7(6)10/h3-4H,1-2H3. The van der Waals surface area contributed by atoms with E-state index in [0.29, 0.717) is 20.8 Å². The highest BCUT2D eigenvalue weighted by Gasteiger charge is 2.10. The van der Waals surface area contributed by atoms with Crippen LogP contribution < -0.4 is 4.74 Å². The molecule has 70 valence electrons. The van der Waals surface area contributed by atoms with Gasteiger partial charge in [0.2, 0.25) is 0 Å². The Morgan fingerprint density at radius 1 is 1.54 bits per heavy atom. The van der Waals surface area contributed by atoms with Crippen molar-refractivity contribution in [1.29, 1.82) is 0 Å². The van der Waals surface area contributed by atoms with Gasteiger partial charge in [-0.3, -0.25) is 4.79 Å². The van der Waals surface area contributed by atoms with Gasteiger partial charge in [0, 0.05) is 10.0 Å². The van der Waals surface area contributed by atoms with E-state index in [1.165, 1.54) is 14.0 Å². The summed E-state index contributed by atoms with van der Waals surface area (Å²) in [7, 11) is 1.53. The predicted octanol–water partition coefficient (Wildman–Crippen LogP) is 3.31. The molecule has 4 heteroatoms. The van der Waals surface area contributed by atoms with Crippen molar-refractivity contribution < 1.29 is 9.53 Å². The molecule has 0 fully saturated rings. The van der Waals surface area contributed by atoms with Crippen LogP contribution in [-0.4, -0.2) is 12.9 Å². The second kappa shape index (κ2) is 4.11. The number of methoxy groups -OCH3 is 1. The summed E-state index contributed by atoms with van der Waals surface area (Å²) in [5.41, 5.74) is 0.561. The molecule has 0 atom stereocenters. The number of carbonyl (C=O) groups is 1. The van der Waals surface area contributed by atoms with Gasteiger partial charge in [-0.2, -0.15) is 0 Å². The van der Waals surface area contributed by atoms with Crippen LogP contribution in [0.5, 0.6) is 5.75 Å². The lowest BCUT2D eigenvalue weighted by atomic mass is 10.1. The lowest BCUT2D eigenvalue weighted by Gasteiger charge is -2.06. The molecule has 0 saturated heterocycles. The predicted molar refractivity (Wildman–Crippen MR) is 55.7 cm³/mol. The smallest absolute Gasteiger partial charge is 0.160 e. The zero-order chi connectivity index (χ0) is 10.0. The molecule has 0 unspecified atom stereocenters. The fourth-order valence-electron chi connectivity index (χ4n) is 0.955. The van der Waals surface area contributed by atoms with Gasteiger partial charge in [0.25, 0.3) is 0 Å². The number of rotatable bonds is 2. The maximum Gasteiger partial charge on any atom is 0.160 e. The summed E-state index contributed by atoms with van der Waals surface area (Å²) in [5, 5.41) is 0.441. The Hall–Kier alpha value is -0.540. The number of ketones is 1. The summed E-state index contributed by atoms with van der Waals surface area (Å²) in [4.78, 5) is 11.1. The van der Waals surface area contributed by atoms with Crippen LogP contribution in [0, 0.1) is 0 Å². The van der Waals surface area contributed by atoms with Crippen molar-refractivity contribution in [3.63, 3.8) is 0 Å². The molecule has 0 aromatic heterocycles. The van der Waals surface area contributed by atoms with Crippen LogP contribution in [0.15, 0.2) is 16.6 Å². The van der Waals surface area contributed by atoms with Gasteiger partial charge in [-0.25, -0.2) is 0 Å². The normalized spacial score (nSPS) is 9.85. The number of halogens is 2. The Bertz CT molecular complexity index is 350. The van der Waals surface area contributed by atoms with E-state index in [4.69, 9.17) is 16.3 Å². The minimum absolute atomic E-state index is 0.0311. The Morgan fingerprint density at radius 2 is 2.15 bits per heavy atom. The first-order chi connectivity index (χ1) is 6.06. The molecule has 1 aromatic rings. The van der Waals surface area contributed by atoms with E-state index in [-0.39, 0.29) is 5.78 Å². The molecular formula is C9H8BrClO2. The second-order valence-corrected chi connectivity index (χ2v) is 3.78. The van der Waals surface area contributed by atoms with Gasteiger partial charge in [-0.1, -0.05) is 11.6 Å². The van der Waals surface area contributed by atoms with Gasteiger partial charge in [0.05, 0.1) is 12.1 Å². The quantitative estimate of drug-likeness (QED) is 0.765. The second-order valence-electron chi connectivity index (χ2n) is 2.52. The maximum atomic E-state index is 11.1. The van der Waals surface area contributed by atoms with Gasteiger partial charge in [0.1, 0.15) is 5.75 Å². The molecular weight excluding hydrogens is 255 g/mol. The summed E-state index contributed by atoms with van der Waals surface area (Å²) in [5.74, 6) is 0.523. The van der Waals surface area contributed by atoms with Gasteiger partial charge in [-0.15, -0.1) is 0 Å². The fourth-order valence-corrected chi connectivity index (χ4v) is 1.80. The van der Waals surface area contributed by atoms with E-state index in [1.807, 2.05) is 0 Å². The van der Waals surface area contributed by atoms with Gasteiger partial charge >= 0.3 is 0 Å². The molecule has 0 spiro atoms. The van der Waals surface area contributed by atoms with Crippen LogP contribution in [-0.2, 0) is 0 Å². The van der Waals surface area contributed by atoms with Crippen LogP contribution in [0.2, 0.25) is 5.02 Å². The van der Waals surface area contributed by atoms with Crippen molar-refractivity contribution in [3.8, 4) is 5.75 Å². The molecule has 0 radical (unpaired) electrons. The molecule has 13 heavy (non-hydrogen) atoms. The van der Waals surface area contributed by atoms with E-state index in [1.54, 1.807) is 12.1 Å². The van der Waals surface area contributed by atoms with Crippen molar-refractivity contribution in [1.82, 2.24) is 0 Å². The fraction of sp³-hybridized carbons (Fsp3) is 0.222. The first-order valence-corrected chi connectivity index (χ1v) is 4.77. The van der Waals surface area contributed by atoms with Crippen molar-refractivity contribution in [3.05, 3.63) is 27.2 Å². The molecule has 0 aliphatic rings. The number of ether oxygens (including phenoxy) is 1. The summed E-state index contributed by atoms with van der Waals surface area (Å²) >= 11 is 9.11. The monoisotopic (exact) mass is 262 g/mol. The van der Waals surface area contributed by atoms with E-state index in [9.17, 15) is 4.79 Å². The van der Waals surface area contributed by atoms with E-state index < -0.39 is 0 Å². The van der Waals surface area contributed by atoms with Crippen LogP contribution in [0.1, 0.15) is 17.3 Å². The Balaban J connectivity index is 3.28. The SMILES string of the molecule is COc1cc(Br)c(C(C)=O)cc1Cl. The maximum absolute atomic E-state index is 11.1. The van der Waals surface area contributed by atoms with E-state index in [0.717, 1.165) is 0 Å². The molecule has 2 nitrogen and oxygen atoms in total. The lowest BCUT2D eigenvalue weighted by Crippen LogP contribution is -1.95. The molecule has 0 bridgehead atoms. The third-order valence-corrected chi connectivity index (χ3v) is 2.57. The summed E-state index contributed by atoms with van der Waals surface area (Å²) in [6, 6.07) is 3.27. The van der Waals surface area contributed by atoms with Crippen LogP contribution >= 0.6 is 27.5 Å². The van der Waals surface area contributed by atoms with E-state index >= 15 is 0 Å². The number of hydrogen-bond acceptors (Lipinski definition) is 2. The number of carbonyl (C=O) groups excluding carboxylic acids is 1. The molecule has 1 aromatic carbocycles. The topological polar surface area (TPSA) is 26.3 Å². The Kier molecular flexibility index (Phi) is 3.33. The lowest BCUT2D eigenvalue weighted by molar-refractivity contribution is 0.101. The van der Waals surface area contributed by atoms with Crippen LogP contribution in [0.4, 0.5) is 0 Å². The molecule has 0 N–H and O–H groups in total. The van der Waals surface area contributed by atoms with Crippen molar-refractivity contribution >= 4 is 33.3 Å². The first kappa shape index (κ1) is 10.5. The molecule has 0 heterocycles. The first-order valence-electron chi connectivity index (χ1n) is 3.60. The van der Waals surface area contributed by atoms with Crippen LogP contribution in [0.25, 0.3) is 0 Å². The van der Waals surface area contributed by atoms with Crippen molar-refractivity contribution in [2.24, 2.45) is 0 Å². The minimum Gasteiger partial charge on any atom is -0.495 e. The number of hydrogen-bond donors (Lipinski definition) is 0. The Labute approximate surface area is 90.0 Å². The summed E-state index contributed by atoms with van der Waals surface area (Å²) < 4.78 is 5.68. The zero-order valence-electron chi connectivity index (χ0n) is 7.23. The van der Waals surface area contributed by atoms with Crippen molar-refractivity contribution in [2.75, 3.05) is 7.11 Å². The average Bonchev–Trinajstić information content (AvgIpc) is 2.07. The van der Waals surface area contributed by atoms with Gasteiger partial charge in [-0.05, 0) is 35.0 Å². The molecule has 0 aliphatic carbocycles. The largest absolute Gasteiger partial charge is 0.495 e. The van der Waals surface area contributed by atoms with Crippen molar-refractivity contribution in [2.45, 2.75) is 6.92 Å². The van der Waals surface area contributed by atoms with Gasteiger partial charge < -0.3 is 4.74 Å².